The summed E-state index contributed by atoms with van der Waals surface area (Å²) in [5.74, 6) is 0.0194. The average Bonchev–Trinajstić information content (AvgIpc) is 2.60. The zero-order valence-electron chi connectivity index (χ0n) is 7.52. The lowest BCUT2D eigenvalue weighted by Crippen LogP contribution is -2.33. The predicted molar refractivity (Wildman–Crippen MR) is 47.0 cm³/mol. The molecule has 0 atom stereocenters. The zero-order chi connectivity index (χ0) is 10.6. The summed E-state index contributed by atoms with van der Waals surface area (Å²) in [5, 5.41) is 16.8. The van der Waals surface area contributed by atoms with Crippen LogP contribution in [0.15, 0.2) is 15.7 Å². The van der Waals surface area contributed by atoms with Crippen LogP contribution in [0.25, 0.3) is 0 Å². The number of oxime groups is 1. The summed E-state index contributed by atoms with van der Waals surface area (Å²) in [6.45, 7) is 1.63. The van der Waals surface area contributed by atoms with Crippen LogP contribution in [0.4, 0.5) is 0 Å². The van der Waals surface area contributed by atoms with Crippen LogP contribution in [0.1, 0.15) is 16.2 Å². The van der Waals surface area contributed by atoms with Gasteiger partial charge in [-0.2, -0.15) is 0 Å². The third kappa shape index (κ3) is 2.47. The molecule has 4 N–H and O–H groups in total. The molecule has 1 rings (SSSR count). The summed E-state index contributed by atoms with van der Waals surface area (Å²) < 4.78 is 4.70. The number of nitrogens with zero attached hydrogens (tertiary/aromatic N) is 2. The quantitative estimate of drug-likeness (QED) is 0.261. The maximum Gasteiger partial charge on any atom is 0.273 e. The molecule has 7 nitrogen and oxygen atoms in total. The molecule has 0 bridgehead atoms. The van der Waals surface area contributed by atoms with Crippen LogP contribution < -0.4 is 11.1 Å². The Morgan fingerprint density at radius 2 is 2.57 bits per heavy atom. The van der Waals surface area contributed by atoms with Gasteiger partial charge in [-0.1, -0.05) is 10.3 Å². The Kier molecular flexibility index (Phi) is 3.05. The monoisotopic (exact) mass is 198 g/mol. The minimum Gasteiger partial charge on any atom is -0.409 e. The number of carbonyl (C=O) groups is 1. The van der Waals surface area contributed by atoms with Gasteiger partial charge in [-0.25, -0.2) is 0 Å². The molecule has 14 heavy (non-hydrogen) atoms. The first-order valence-electron chi connectivity index (χ1n) is 3.81. The lowest BCUT2D eigenvalue weighted by Gasteiger charge is -1.99. The lowest BCUT2D eigenvalue weighted by atomic mass is 10.3. The fraction of sp³-hybridized carbons (Fsp3) is 0.286. The van der Waals surface area contributed by atoms with E-state index in [1.54, 1.807) is 6.92 Å². The molecule has 0 saturated carbocycles. The highest BCUT2D eigenvalue weighted by atomic mass is 16.5. The molecule has 0 unspecified atom stereocenters. The van der Waals surface area contributed by atoms with Crippen molar-refractivity contribution >= 4 is 11.7 Å². The Balaban J connectivity index is 2.51. The maximum atomic E-state index is 11.3. The lowest BCUT2D eigenvalue weighted by molar-refractivity contribution is 0.0950. The van der Waals surface area contributed by atoms with Gasteiger partial charge in [0.05, 0.1) is 6.54 Å². The number of rotatable bonds is 3. The molecule has 1 heterocycles. The average molecular weight is 198 g/mol. The van der Waals surface area contributed by atoms with Gasteiger partial charge in [0.25, 0.3) is 5.91 Å². The van der Waals surface area contributed by atoms with Gasteiger partial charge in [-0.3, -0.25) is 4.79 Å². The molecule has 0 radical (unpaired) electrons. The molecular formula is C7H10N4O3. The van der Waals surface area contributed by atoms with Crippen LogP contribution in [0.5, 0.6) is 0 Å². The molecular weight excluding hydrogens is 188 g/mol. The number of amidine groups is 1. The van der Waals surface area contributed by atoms with E-state index in [0.717, 1.165) is 0 Å². The minimum absolute atomic E-state index is 0.0404. The first-order valence-corrected chi connectivity index (χ1v) is 3.81. The molecule has 0 aliphatic heterocycles. The van der Waals surface area contributed by atoms with Crippen molar-refractivity contribution in [1.82, 2.24) is 10.5 Å². The molecule has 0 aliphatic carbocycles. The SMILES string of the molecule is Cc1cc(C(=O)NC/C(N)=N/O)no1. The fourth-order valence-electron chi connectivity index (χ4n) is 0.770. The smallest absolute Gasteiger partial charge is 0.273 e. The van der Waals surface area contributed by atoms with E-state index in [1.165, 1.54) is 6.07 Å². The van der Waals surface area contributed by atoms with E-state index >= 15 is 0 Å². The Hall–Kier alpha value is -2.05. The molecule has 0 aromatic carbocycles. The van der Waals surface area contributed by atoms with Crippen LogP contribution in [-0.2, 0) is 0 Å². The summed E-state index contributed by atoms with van der Waals surface area (Å²) in [5.41, 5.74) is 5.31. The Morgan fingerprint density at radius 3 is 3.07 bits per heavy atom. The van der Waals surface area contributed by atoms with E-state index in [-0.39, 0.29) is 18.1 Å². The molecule has 0 spiro atoms. The Bertz CT molecular complexity index is 358. The van der Waals surface area contributed by atoms with Gasteiger partial charge < -0.3 is 20.8 Å². The molecule has 1 aromatic heterocycles. The second-order valence-corrected chi connectivity index (χ2v) is 2.60. The Labute approximate surface area is 79.6 Å². The number of amides is 1. The van der Waals surface area contributed by atoms with Gasteiger partial charge >= 0.3 is 0 Å². The van der Waals surface area contributed by atoms with Crippen molar-refractivity contribution in [2.75, 3.05) is 6.54 Å². The molecule has 0 saturated heterocycles. The summed E-state index contributed by atoms with van der Waals surface area (Å²) in [4.78, 5) is 11.3. The number of hydrogen-bond donors (Lipinski definition) is 3. The first-order chi connectivity index (χ1) is 6.63. The van der Waals surface area contributed by atoms with E-state index in [2.05, 4.69) is 15.6 Å². The normalized spacial score (nSPS) is 11.4. The molecule has 0 aliphatic rings. The van der Waals surface area contributed by atoms with E-state index in [4.69, 9.17) is 15.5 Å². The summed E-state index contributed by atoms with van der Waals surface area (Å²) in [6, 6.07) is 1.49. The van der Waals surface area contributed by atoms with Gasteiger partial charge in [0.15, 0.2) is 11.5 Å². The van der Waals surface area contributed by atoms with E-state index in [9.17, 15) is 4.79 Å². The van der Waals surface area contributed by atoms with Crippen LogP contribution in [0, 0.1) is 6.92 Å². The van der Waals surface area contributed by atoms with Crippen molar-refractivity contribution in [3.05, 3.63) is 17.5 Å². The first kappa shape index (κ1) is 10.0. The number of aromatic nitrogens is 1. The highest BCUT2D eigenvalue weighted by Crippen LogP contribution is 2.00. The van der Waals surface area contributed by atoms with Gasteiger partial charge in [0.2, 0.25) is 0 Å². The molecule has 1 amide bonds. The number of nitrogens with one attached hydrogen (secondary N) is 1. The van der Waals surface area contributed by atoms with Crippen molar-refractivity contribution < 1.29 is 14.5 Å². The predicted octanol–water partition coefficient (Wildman–Crippen LogP) is -0.541. The molecule has 7 heteroatoms. The van der Waals surface area contributed by atoms with Gasteiger partial charge in [0.1, 0.15) is 5.76 Å². The summed E-state index contributed by atoms with van der Waals surface area (Å²) in [7, 11) is 0. The van der Waals surface area contributed by atoms with Crippen LogP contribution in [0.3, 0.4) is 0 Å². The second kappa shape index (κ2) is 4.26. The summed E-state index contributed by atoms with van der Waals surface area (Å²) >= 11 is 0. The third-order valence-corrected chi connectivity index (χ3v) is 1.42. The van der Waals surface area contributed by atoms with Crippen LogP contribution in [0.2, 0.25) is 0 Å². The zero-order valence-corrected chi connectivity index (χ0v) is 7.52. The van der Waals surface area contributed by atoms with Crippen molar-refractivity contribution in [1.29, 1.82) is 0 Å². The number of nitrogens with two attached hydrogens (primary N) is 1. The molecule has 0 fully saturated rings. The van der Waals surface area contributed by atoms with Crippen molar-refractivity contribution in [3.8, 4) is 0 Å². The Morgan fingerprint density at radius 1 is 1.86 bits per heavy atom. The number of carbonyl (C=O) groups excluding carboxylic acids is 1. The van der Waals surface area contributed by atoms with E-state index in [0.29, 0.717) is 5.76 Å². The van der Waals surface area contributed by atoms with Gasteiger partial charge in [-0.05, 0) is 6.92 Å². The fourth-order valence-corrected chi connectivity index (χ4v) is 0.770. The topological polar surface area (TPSA) is 114 Å². The van der Waals surface area contributed by atoms with Gasteiger partial charge in [0, 0.05) is 6.07 Å². The van der Waals surface area contributed by atoms with Crippen LogP contribution in [-0.4, -0.2) is 28.7 Å². The van der Waals surface area contributed by atoms with Crippen molar-refractivity contribution in [2.45, 2.75) is 6.92 Å². The highest BCUT2D eigenvalue weighted by molar-refractivity contribution is 5.95. The van der Waals surface area contributed by atoms with E-state index in [1.807, 2.05) is 0 Å². The standard InChI is InChI=1S/C7H10N4O3/c1-4-2-5(11-14-4)7(12)9-3-6(8)10-13/h2,13H,3H2,1H3,(H2,8,10)(H,9,12). The number of aryl methyl sites for hydroxylation is 1. The maximum absolute atomic E-state index is 11.3. The minimum atomic E-state index is -0.437. The molecule has 1 aromatic rings. The highest BCUT2D eigenvalue weighted by Gasteiger charge is 2.10. The van der Waals surface area contributed by atoms with Crippen molar-refractivity contribution in [2.24, 2.45) is 10.9 Å². The number of hydrogen-bond acceptors (Lipinski definition) is 5. The molecule has 76 valence electrons. The van der Waals surface area contributed by atoms with Gasteiger partial charge in [-0.15, -0.1) is 0 Å². The van der Waals surface area contributed by atoms with Crippen LogP contribution >= 0.6 is 0 Å². The summed E-state index contributed by atoms with van der Waals surface area (Å²) in [6.07, 6.45) is 0. The second-order valence-electron chi connectivity index (χ2n) is 2.60. The van der Waals surface area contributed by atoms with Crippen molar-refractivity contribution in [3.63, 3.8) is 0 Å². The largest absolute Gasteiger partial charge is 0.409 e. The third-order valence-electron chi connectivity index (χ3n) is 1.42. The van der Waals surface area contributed by atoms with E-state index < -0.39 is 5.91 Å².